The van der Waals surface area contributed by atoms with E-state index < -0.39 is 0 Å². The van der Waals surface area contributed by atoms with Crippen molar-refractivity contribution in [3.63, 3.8) is 0 Å². The van der Waals surface area contributed by atoms with Gasteiger partial charge in [0.2, 0.25) is 0 Å². The number of aliphatic hydroxyl groups excluding tert-OH is 1. The highest BCUT2D eigenvalue weighted by molar-refractivity contribution is 7.80. The maximum Gasteiger partial charge on any atom is 0.0577 e. The maximum absolute atomic E-state index is 9.57. The van der Waals surface area contributed by atoms with Gasteiger partial charge in [0.05, 0.1) is 6.10 Å². The molecule has 2 nitrogen and oxygen atoms in total. The average Bonchev–Trinajstić information content (AvgIpc) is 2.07. The summed E-state index contributed by atoms with van der Waals surface area (Å²) in [6.45, 7) is 1.63. The Morgan fingerprint density at radius 2 is 2.09 bits per heavy atom. The first-order valence-corrected chi connectivity index (χ1v) is 4.84. The van der Waals surface area contributed by atoms with Crippen LogP contribution >= 0.6 is 12.6 Å². The van der Waals surface area contributed by atoms with Gasteiger partial charge in [0.1, 0.15) is 0 Å². The molecule has 11 heavy (non-hydrogen) atoms. The molecule has 1 fully saturated rings. The van der Waals surface area contributed by atoms with Crippen LogP contribution in [0.5, 0.6) is 0 Å². The highest BCUT2D eigenvalue weighted by atomic mass is 32.1. The Kier molecular flexibility index (Phi) is 4.26. The lowest BCUT2D eigenvalue weighted by molar-refractivity contribution is 0.00734. The van der Waals surface area contributed by atoms with Crippen molar-refractivity contribution in [1.82, 2.24) is 0 Å². The Balaban J connectivity index is 2.21. The summed E-state index contributed by atoms with van der Waals surface area (Å²) in [6, 6.07) is 0. The van der Waals surface area contributed by atoms with Crippen molar-refractivity contribution in [1.29, 1.82) is 0 Å². The smallest absolute Gasteiger partial charge is 0.0577 e. The zero-order valence-corrected chi connectivity index (χ0v) is 7.59. The minimum atomic E-state index is -0.156. The Hall–Kier alpha value is 0.270. The van der Waals surface area contributed by atoms with Gasteiger partial charge < -0.3 is 9.84 Å². The third-order valence-corrected chi connectivity index (χ3v) is 2.49. The summed E-state index contributed by atoms with van der Waals surface area (Å²) in [5.74, 6) is 1.23. The van der Waals surface area contributed by atoms with Crippen LogP contribution in [0, 0.1) is 5.92 Å². The first-order valence-electron chi connectivity index (χ1n) is 4.21. The van der Waals surface area contributed by atoms with Crippen LogP contribution in [-0.4, -0.2) is 30.2 Å². The molecule has 0 aromatic carbocycles. The van der Waals surface area contributed by atoms with Crippen molar-refractivity contribution < 1.29 is 9.84 Å². The lowest BCUT2D eigenvalue weighted by Crippen LogP contribution is -2.27. The van der Waals surface area contributed by atoms with Gasteiger partial charge in [-0.25, -0.2) is 0 Å². The van der Waals surface area contributed by atoms with Gasteiger partial charge in [-0.3, -0.25) is 0 Å². The second-order valence-corrected chi connectivity index (χ2v) is 3.48. The quantitative estimate of drug-likeness (QED) is 0.630. The van der Waals surface area contributed by atoms with E-state index in [0.29, 0.717) is 5.92 Å². The second-order valence-electron chi connectivity index (χ2n) is 3.03. The predicted molar refractivity (Wildman–Crippen MR) is 48.0 cm³/mol. The Labute approximate surface area is 73.4 Å². The fourth-order valence-corrected chi connectivity index (χ4v) is 1.73. The first-order chi connectivity index (χ1) is 5.34. The normalized spacial score (nSPS) is 23.5. The van der Waals surface area contributed by atoms with Crippen molar-refractivity contribution >= 4 is 12.6 Å². The minimum Gasteiger partial charge on any atom is -0.393 e. The number of hydrogen-bond donors (Lipinski definition) is 2. The number of thiol groups is 1. The summed E-state index contributed by atoms with van der Waals surface area (Å²) < 4.78 is 5.20. The molecular formula is C8H16O2S. The van der Waals surface area contributed by atoms with Gasteiger partial charge in [0, 0.05) is 13.2 Å². The van der Waals surface area contributed by atoms with Crippen LogP contribution in [0.2, 0.25) is 0 Å². The molecule has 3 heteroatoms. The summed E-state index contributed by atoms with van der Waals surface area (Å²) in [7, 11) is 0. The molecule has 1 saturated heterocycles. The van der Waals surface area contributed by atoms with E-state index in [0.717, 1.165) is 38.2 Å². The molecule has 0 aliphatic carbocycles. The van der Waals surface area contributed by atoms with Crippen LogP contribution in [0.1, 0.15) is 19.3 Å². The molecule has 0 aromatic rings. The molecule has 0 radical (unpaired) electrons. The summed E-state index contributed by atoms with van der Waals surface area (Å²) in [5.41, 5.74) is 0. The average molecular weight is 176 g/mol. The van der Waals surface area contributed by atoms with E-state index in [1.54, 1.807) is 0 Å². The van der Waals surface area contributed by atoms with Crippen molar-refractivity contribution in [2.75, 3.05) is 19.0 Å². The molecule has 1 unspecified atom stereocenters. The molecule has 66 valence electrons. The standard InChI is InChI=1S/C8H16O2S/c9-8(3-6-11)7-1-4-10-5-2-7/h7-9,11H,1-6H2. The van der Waals surface area contributed by atoms with E-state index >= 15 is 0 Å². The molecule has 0 spiro atoms. The van der Waals surface area contributed by atoms with E-state index in [9.17, 15) is 5.11 Å². The fourth-order valence-electron chi connectivity index (χ4n) is 1.47. The number of aliphatic hydroxyl groups is 1. The van der Waals surface area contributed by atoms with Gasteiger partial charge in [0.15, 0.2) is 0 Å². The third kappa shape index (κ3) is 3.01. The lowest BCUT2D eigenvalue weighted by Gasteiger charge is -2.26. The van der Waals surface area contributed by atoms with Gasteiger partial charge in [-0.2, -0.15) is 12.6 Å². The van der Waals surface area contributed by atoms with Gasteiger partial charge in [-0.15, -0.1) is 0 Å². The van der Waals surface area contributed by atoms with Crippen LogP contribution in [-0.2, 0) is 4.74 Å². The van der Waals surface area contributed by atoms with Crippen molar-refractivity contribution in [3.8, 4) is 0 Å². The van der Waals surface area contributed by atoms with Crippen molar-refractivity contribution in [2.24, 2.45) is 5.92 Å². The third-order valence-electron chi connectivity index (χ3n) is 2.23. The van der Waals surface area contributed by atoms with Gasteiger partial charge in [-0.05, 0) is 30.9 Å². The monoisotopic (exact) mass is 176 g/mol. The highest BCUT2D eigenvalue weighted by Crippen LogP contribution is 2.20. The fraction of sp³-hybridized carbons (Fsp3) is 1.00. The summed E-state index contributed by atoms with van der Waals surface area (Å²) in [6.07, 6.45) is 2.67. The molecule has 1 N–H and O–H groups in total. The molecule has 1 heterocycles. The molecule has 0 aromatic heterocycles. The molecule has 1 rings (SSSR count). The Bertz CT molecular complexity index is 102. The first kappa shape index (κ1) is 9.36. The molecule has 0 amide bonds. The van der Waals surface area contributed by atoms with Crippen molar-refractivity contribution in [2.45, 2.75) is 25.4 Å². The summed E-state index contributed by atoms with van der Waals surface area (Å²) in [4.78, 5) is 0. The predicted octanol–water partition coefficient (Wildman–Crippen LogP) is 1.09. The van der Waals surface area contributed by atoms with Crippen LogP contribution in [0.25, 0.3) is 0 Å². The minimum absolute atomic E-state index is 0.156. The van der Waals surface area contributed by atoms with Crippen LogP contribution < -0.4 is 0 Å². The van der Waals surface area contributed by atoms with E-state index in [-0.39, 0.29) is 6.10 Å². The van der Waals surface area contributed by atoms with Crippen LogP contribution in [0.3, 0.4) is 0 Å². The summed E-state index contributed by atoms with van der Waals surface area (Å²) >= 11 is 4.09. The van der Waals surface area contributed by atoms with Gasteiger partial charge in [0.25, 0.3) is 0 Å². The number of ether oxygens (including phenoxy) is 1. The Morgan fingerprint density at radius 1 is 1.45 bits per heavy atom. The van der Waals surface area contributed by atoms with E-state index in [1.165, 1.54) is 0 Å². The molecule has 0 saturated carbocycles. The van der Waals surface area contributed by atoms with E-state index in [1.807, 2.05) is 0 Å². The summed E-state index contributed by atoms with van der Waals surface area (Å²) in [5, 5.41) is 9.57. The topological polar surface area (TPSA) is 29.5 Å². The Morgan fingerprint density at radius 3 is 2.64 bits per heavy atom. The molecule has 1 aliphatic heterocycles. The van der Waals surface area contributed by atoms with E-state index in [4.69, 9.17) is 4.74 Å². The molecule has 1 atom stereocenters. The molecular weight excluding hydrogens is 160 g/mol. The molecule has 0 bridgehead atoms. The zero-order chi connectivity index (χ0) is 8.10. The SMILES string of the molecule is OC(CCS)C1CCOCC1. The zero-order valence-electron chi connectivity index (χ0n) is 6.70. The van der Waals surface area contributed by atoms with Crippen LogP contribution in [0.4, 0.5) is 0 Å². The largest absolute Gasteiger partial charge is 0.393 e. The van der Waals surface area contributed by atoms with Crippen molar-refractivity contribution in [3.05, 3.63) is 0 Å². The highest BCUT2D eigenvalue weighted by Gasteiger charge is 2.20. The van der Waals surface area contributed by atoms with E-state index in [2.05, 4.69) is 12.6 Å². The van der Waals surface area contributed by atoms with Gasteiger partial charge in [-0.1, -0.05) is 0 Å². The van der Waals surface area contributed by atoms with Gasteiger partial charge >= 0.3 is 0 Å². The molecule has 1 aliphatic rings. The number of hydrogen-bond acceptors (Lipinski definition) is 3. The lowest BCUT2D eigenvalue weighted by atomic mass is 9.92. The maximum atomic E-state index is 9.57. The second kappa shape index (κ2) is 5.01. The van der Waals surface area contributed by atoms with Crippen LogP contribution in [0.15, 0.2) is 0 Å². The number of rotatable bonds is 3.